The Morgan fingerprint density at radius 2 is 2.12 bits per heavy atom. The molecule has 2 rings (SSSR count). The van der Waals surface area contributed by atoms with Crippen LogP contribution in [0.4, 0.5) is 4.39 Å². The topological polar surface area (TPSA) is 58.8 Å². The van der Waals surface area contributed by atoms with E-state index in [4.69, 9.17) is 10.00 Å². The second kappa shape index (κ2) is 4.36. The van der Waals surface area contributed by atoms with Crippen LogP contribution in [0.1, 0.15) is 5.56 Å². The Hall–Kier alpha value is -2.48. The average Bonchev–Trinajstić information content (AvgIpc) is 2.33. The van der Waals surface area contributed by atoms with Crippen molar-refractivity contribution in [3.05, 3.63) is 48.2 Å². The zero-order valence-electron chi connectivity index (χ0n) is 8.09. The van der Waals surface area contributed by atoms with Crippen molar-refractivity contribution >= 4 is 0 Å². The van der Waals surface area contributed by atoms with E-state index in [0.29, 0.717) is 5.56 Å². The van der Waals surface area contributed by atoms with Gasteiger partial charge in [0, 0.05) is 0 Å². The Kier molecular flexibility index (Phi) is 2.74. The van der Waals surface area contributed by atoms with E-state index in [1.165, 1.54) is 6.33 Å². The number of benzene rings is 1. The number of para-hydroxylation sites is 1. The van der Waals surface area contributed by atoms with E-state index < -0.39 is 5.82 Å². The van der Waals surface area contributed by atoms with Crippen LogP contribution < -0.4 is 4.74 Å². The first kappa shape index (κ1) is 10.1. The van der Waals surface area contributed by atoms with Crippen molar-refractivity contribution in [3.8, 4) is 17.7 Å². The van der Waals surface area contributed by atoms with E-state index >= 15 is 0 Å². The van der Waals surface area contributed by atoms with E-state index in [9.17, 15) is 4.39 Å². The Bertz CT molecular complexity index is 551. The van der Waals surface area contributed by atoms with E-state index in [1.807, 2.05) is 6.07 Å². The minimum atomic E-state index is -0.671. The van der Waals surface area contributed by atoms with Gasteiger partial charge in [0.05, 0.1) is 11.8 Å². The molecule has 16 heavy (non-hydrogen) atoms. The van der Waals surface area contributed by atoms with Gasteiger partial charge in [0.2, 0.25) is 5.82 Å². The molecule has 0 bridgehead atoms. The molecular formula is C11H6FN3O. The molecule has 4 nitrogen and oxygen atoms in total. The van der Waals surface area contributed by atoms with Gasteiger partial charge in [-0.25, -0.2) is 4.98 Å². The van der Waals surface area contributed by atoms with Crippen LogP contribution >= 0.6 is 0 Å². The predicted molar refractivity (Wildman–Crippen MR) is 53.2 cm³/mol. The van der Waals surface area contributed by atoms with Crippen LogP contribution in [0.5, 0.6) is 11.6 Å². The van der Waals surface area contributed by atoms with E-state index in [1.54, 1.807) is 24.3 Å². The molecule has 0 spiro atoms. The molecule has 1 aromatic carbocycles. The minimum Gasteiger partial charge on any atom is -0.435 e. The minimum absolute atomic E-state index is 0.197. The summed E-state index contributed by atoms with van der Waals surface area (Å²) in [6.45, 7) is 0. The fourth-order valence-electron chi connectivity index (χ4n) is 1.13. The van der Waals surface area contributed by atoms with Crippen molar-refractivity contribution in [2.45, 2.75) is 0 Å². The molecule has 0 radical (unpaired) electrons. The molecule has 0 aliphatic rings. The molecule has 0 aliphatic heterocycles. The van der Waals surface area contributed by atoms with Gasteiger partial charge in [0.1, 0.15) is 18.1 Å². The summed E-state index contributed by atoms with van der Waals surface area (Å²) >= 11 is 0. The van der Waals surface area contributed by atoms with Gasteiger partial charge in [0.15, 0.2) is 0 Å². The molecule has 0 aliphatic carbocycles. The highest BCUT2D eigenvalue weighted by molar-refractivity contribution is 5.44. The molecule has 0 amide bonds. The number of halogens is 1. The zero-order valence-corrected chi connectivity index (χ0v) is 8.09. The van der Waals surface area contributed by atoms with Crippen LogP contribution in [0.2, 0.25) is 0 Å². The maximum atomic E-state index is 13.2. The van der Waals surface area contributed by atoms with Gasteiger partial charge >= 0.3 is 0 Å². The molecule has 0 unspecified atom stereocenters. The van der Waals surface area contributed by atoms with Crippen LogP contribution in [0.25, 0.3) is 0 Å². The van der Waals surface area contributed by atoms with Gasteiger partial charge in [0.25, 0.3) is 5.88 Å². The lowest BCUT2D eigenvalue weighted by Gasteiger charge is -2.05. The van der Waals surface area contributed by atoms with E-state index in [0.717, 1.165) is 6.20 Å². The molecule has 0 N–H and O–H groups in total. The Balaban J connectivity index is 2.35. The molecule has 0 fully saturated rings. The summed E-state index contributed by atoms with van der Waals surface area (Å²) in [5, 5.41) is 8.81. The maximum Gasteiger partial charge on any atom is 0.259 e. The van der Waals surface area contributed by atoms with Crippen LogP contribution in [0.15, 0.2) is 36.8 Å². The van der Waals surface area contributed by atoms with Crippen LogP contribution in [0, 0.1) is 17.1 Å². The van der Waals surface area contributed by atoms with Crippen molar-refractivity contribution in [1.29, 1.82) is 5.26 Å². The summed E-state index contributed by atoms with van der Waals surface area (Å²) in [5.74, 6) is -0.601. The summed E-state index contributed by atoms with van der Waals surface area (Å²) in [6.07, 6.45) is 2.17. The molecule has 1 heterocycles. The summed E-state index contributed by atoms with van der Waals surface area (Å²) in [7, 11) is 0. The summed E-state index contributed by atoms with van der Waals surface area (Å²) in [4.78, 5) is 7.13. The number of nitriles is 1. The first-order chi connectivity index (χ1) is 7.81. The first-order valence-corrected chi connectivity index (χ1v) is 4.44. The van der Waals surface area contributed by atoms with Gasteiger partial charge in [-0.15, -0.1) is 0 Å². The lowest BCUT2D eigenvalue weighted by molar-refractivity contribution is 0.418. The smallest absolute Gasteiger partial charge is 0.259 e. The van der Waals surface area contributed by atoms with Crippen molar-refractivity contribution in [1.82, 2.24) is 9.97 Å². The molecule has 0 saturated heterocycles. The highest BCUT2D eigenvalue weighted by Gasteiger charge is 2.08. The molecular weight excluding hydrogens is 209 g/mol. The second-order valence-corrected chi connectivity index (χ2v) is 2.89. The average molecular weight is 215 g/mol. The molecule has 1 aromatic heterocycles. The Labute approximate surface area is 91.0 Å². The Morgan fingerprint density at radius 3 is 2.88 bits per heavy atom. The lowest BCUT2D eigenvalue weighted by atomic mass is 10.2. The Morgan fingerprint density at radius 1 is 1.31 bits per heavy atom. The van der Waals surface area contributed by atoms with Crippen molar-refractivity contribution < 1.29 is 9.13 Å². The van der Waals surface area contributed by atoms with Crippen molar-refractivity contribution in [2.24, 2.45) is 0 Å². The van der Waals surface area contributed by atoms with Crippen molar-refractivity contribution in [2.75, 3.05) is 0 Å². The zero-order chi connectivity index (χ0) is 11.4. The SMILES string of the molecule is N#Cc1ccccc1Oc1ncncc1F. The summed E-state index contributed by atoms with van der Waals surface area (Å²) in [6, 6.07) is 8.48. The predicted octanol–water partition coefficient (Wildman–Crippen LogP) is 2.28. The number of hydrogen-bond acceptors (Lipinski definition) is 4. The van der Waals surface area contributed by atoms with Crippen LogP contribution in [0.3, 0.4) is 0 Å². The first-order valence-electron chi connectivity index (χ1n) is 4.44. The van der Waals surface area contributed by atoms with Gasteiger partial charge in [-0.3, -0.25) is 0 Å². The fraction of sp³-hybridized carbons (Fsp3) is 0. The second-order valence-electron chi connectivity index (χ2n) is 2.89. The molecule has 78 valence electrons. The van der Waals surface area contributed by atoms with Crippen LogP contribution in [-0.2, 0) is 0 Å². The van der Waals surface area contributed by atoms with Gasteiger partial charge < -0.3 is 4.74 Å². The quantitative estimate of drug-likeness (QED) is 0.771. The van der Waals surface area contributed by atoms with Gasteiger partial charge in [-0.05, 0) is 12.1 Å². The summed E-state index contributed by atoms with van der Waals surface area (Å²) in [5.41, 5.74) is 0.320. The summed E-state index contributed by atoms with van der Waals surface area (Å²) < 4.78 is 18.4. The molecule has 5 heteroatoms. The third-order valence-electron chi connectivity index (χ3n) is 1.85. The standard InChI is InChI=1S/C11H6FN3O/c12-9-6-14-7-15-11(9)16-10-4-2-1-3-8(10)5-13/h1-4,6-7H. The van der Waals surface area contributed by atoms with Crippen molar-refractivity contribution in [3.63, 3.8) is 0 Å². The highest BCUT2D eigenvalue weighted by Crippen LogP contribution is 2.24. The van der Waals surface area contributed by atoms with Gasteiger partial charge in [-0.2, -0.15) is 14.6 Å². The molecule has 0 saturated carbocycles. The maximum absolute atomic E-state index is 13.2. The number of aromatic nitrogens is 2. The highest BCUT2D eigenvalue weighted by atomic mass is 19.1. The fourth-order valence-corrected chi connectivity index (χ4v) is 1.13. The monoisotopic (exact) mass is 215 g/mol. The molecule has 2 aromatic rings. The molecule has 0 atom stereocenters. The number of rotatable bonds is 2. The van der Waals surface area contributed by atoms with E-state index in [-0.39, 0.29) is 11.6 Å². The third kappa shape index (κ3) is 1.96. The number of hydrogen-bond donors (Lipinski definition) is 0. The van der Waals surface area contributed by atoms with E-state index in [2.05, 4.69) is 9.97 Å². The largest absolute Gasteiger partial charge is 0.435 e. The third-order valence-corrected chi connectivity index (χ3v) is 1.85. The van der Waals surface area contributed by atoms with Crippen LogP contribution in [-0.4, -0.2) is 9.97 Å². The lowest BCUT2D eigenvalue weighted by Crippen LogP contribution is -1.94. The van der Waals surface area contributed by atoms with Gasteiger partial charge in [-0.1, -0.05) is 12.1 Å². The normalized spacial score (nSPS) is 9.50. The number of nitrogens with zero attached hydrogens (tertiary/aromatic N) is 3. The number of ether oxygens (including phenoxy) is 1.